The number of urea groups is 1. The third-order valence-electron chi connectivity index (χ3n) is 2.82. The number of carbonyl (C=O) groups is 1. The third-order valence-corrected chi connectivity index (χ3v) is 2.82. The van der Waals surface area contributed by atoms with Crippen molar-refractivity contribution in [3.63, 3.8) is 0 Å². The van der Waals surface area contributed by atoms with Gasteiger partial charge in [-0.25, -0.2) is 4.79 Å². The maximum absolute atomic E-state index is 11.6. The summed E-state index contributed by atoms with van der Waals surface area (Å²) >= 11 is 0. The Morgan fingerprint density at radius 3 is 2.64 bits per heavy atom. The molecule has 0 unspecified atom stereocenters. The highest BCUT2D eigenvalue weighted by Crippen LogP contribution is 2.22. The molecule has 1 aliphatic carbocycles. The van der Waals surface area contributed by atoms with E-state index in [1.165, 1.54) is 19.3 Å². The highest BCUT2D eigenvalue weighted by atomic mass is 16.2. The maximum Gasteiger partial charge on any atom is 0.317 e. The summed E-state index contributed by atoms with van der Waals surface area (Å²) in [7, 11) is 1.68. The molecule has 2 amide bonds. The molecule has 1 fully saturated rings. The number of nitrogens with one attached hydrogen (secondary N) is 1. The van der Waals surface area contributed by atoms with Crippen LogP contribution in [0.15, 0.2) is 12.7 Å². The fraction of sp³-hybridized carbons (Fsp3) is 0.727. The summed E-state index contributed by atoms with van der Waals surface area (Å²) in [6.45, 7) is 4.35. The number of rotatable bonds is 3. The number of hydrogen-bond donors (Lipinski definition) is 1. The van der Waals surface area contributed by atoms with E-state index in [1.807, 2.05) is 4.90 Å². The van der Waals surface area contributed by atoms with E-state index in [1.54, 1.807) is 13.1 Å². The normalized spacial score (nSPS) is 17.5. The van der Waals surface area contributed by atoms with Crippen molar-refractivity contribution in [1.82, 2.24) is 10.2 Å². The van der Waals surface area contributed by atoms with E-state index in [0.29, 0.717) is 12.6 Å². The number of hydrogen-bond acceptors (Lipinski definition) is 1. The van der Waals surface area contributed by atoms with E-state index in [9.17, 15) is 4.79 Å². The first-order valence-electron chi connectivity index (χ1n) is 5.39. The van der Waals surface area contributed by atoms with Gasteiger partial charge in [0.25, 0.3) is 0 Å². The lowest BCUT2D eigenvalue weighted by Crippen LogP contribution is -2.45. The zero-order chi connectivity index (χ0) is 10.4. The SMILES string of the molecule is C=CCN(C(=O)NC)C1CCCCC1. The van der Waals surface area contributed by atoms with Gasteiger partial charge in [0.15, 0.2) is 0 Å². The molecule has 3 nitrogen and oxygen atoms in total. The molecule has 3 heteroatoms. The molecular formula is C11H20N2O. The molecule has 0 saturated heterocycles. The largest absolute Gasteiger partial charge is 0.341 e. The van der Waals surface area contributed by atoms with Gasteiger partial charge in [-0.15, -0.1) is 6.58 Å². The second-order valence-electron chi connectivity index (χ2n) is 3.79. The van der Waals surface area contributed by atoms with Gasteiger partial charge < -0.3 is 10.2 Å². The molecule has 1 aliphatic rings. The van der Waals surface area contributed by atoms with Crippen LogP contribution in [0.5, 0.6) is 0 Å². The fourth-order valence-electron chi connectivity index (χ4n) is 2.07. The van der Waals surface area contributed by atoms with E-state index in [4.69, 9.17) is 0 Å². The van der Waals surface area contributed by atoms with Crippen LogP contribution in [0.1, 0.15) is 32.1 Å². The molecule has 0 aromatic carbocycles. The van der Waals surface area contributed by atoms with E-state index in [-0.39, 0.29) is 6.03 Å². The molecule has 0 radical (unpaired) electrons. The molecule has 0 bridgehead atoms. The first kappa shape index (κ1) is 11.1. The van der Waals surface area contributed by atoms with Gasteiger partial charge in [-0.2, -0.15) is 0 Å². The Labute approximate surface area is 86.2 Å². The van der Waals surface area contributed by atoms with Gasteiger partial charge in [-0.3, -0.25) is 0 Å². The van der Waals surface area contributed by atoms with Gasteiger partial charge in [0.05, 0.1) is 0 Å². The zero-order valence-electron chi connectivity index (χ0n) is 8.96. The molecule has 1 rings (SSSR count). The van der Waals surface area contributed by atoms with Crippen molar-refractivity contribution in [3.8, 4) is 0 Å². The summed E-state index contributed by atoms with van der Waals surface area (Å²) in [4.78, 5) is 13.5. The van der Waals surface area contributed by atoms with Crippen LogP contribution in [0.2, 0.25) is 0 Å². The first-order chi connectivity index (χ1) is 6.79. The second-order valence-corrected chi connectivity index (χ2v) is 3.79. The van der Waals surface area contributed by atoms with Crippen molar-refractivity contribution in [1.29, 1.82) is 0 Å². The second kappa shape index (κ2) is 5.68. The minimum Gasteiger partial charge on any atom is -0.341 e. The van der Waals surface area contributed by atoms with Crippen LogP contribution in [0.25, 0.3) is 0 Å². The molecule has 1 N–H and O–H groups in total. The van der Waals surface area contributed by atoms with Crippen LogP contribution in [0, 0.1) is 0 Å². The average Bonchev–Trinajstić information content (AvgIpc) is 2.26. The number of nitrogens with zero attached hydrogens (tertiary/aromatic N) is 1. The molecule has 0 aliphatic heterocycles. The maximum atomic E-state index is 11.6. The standard InChI is InChI=1S/C11H20N2O/c1-3-9-13(11(14)12-2)10-7-5-4-6-8-10/h3,10H,1,4-9H2,2H3,(H,12,14). The van der Waals surface area contributed by atoms with Crippen molar-refractivity contribution in [2.75, 3.05) is 13.6 Å². The predicted molar refractivity (Wildman–Crippen MR) is 58.2 cm³/mol. The van der Waals surface area contributed by atoms with E-state index < -0.39 is 0 Å². The first-order valence-corrected chi connectivity index (χ1v) is 5.39. The molecule has 0 aromatic heterocycles. The topological polar surface area (TPSA) is 32.3 Å². The van der Waals surface area contributed by atoms with Crippen molar-refractivity contribution < 1.29 is 4.79 Å². The van der Waals surface area contributed by atoms with Gasteiger partial charge in [-0.1, -0.05) is 25.3 Å². The Balaban J connectivity index is 2.55. The van der Waals surface area contributed by atoms with Gasteiger partial charge in [-0.05, 0) is 12.8 Å². The summed E-state index contributed by atoms with van der Waals surface area (Å²) in [6, 6.07) is 0.443. The fourth-order valence-corrected chi connectivity index (χ4v) is 2.07. The summed E-state index contributed by atoms with van der Waals surface area (Å²) in [5, 5.41) is 2.69. The summed E-state index contributed by atoms with van der Waals surface area (Å²) < 4.78 is 0. The Hall–Kier alpha value is -0.990. The van der Waals surface area contributed by atoms with Gasteiger partial charge >= 0.3 is 6.03 Å². The lowest BCUT2D eigenvalue weighted by atomic mass is 9.94. The highest BCUT2D eigenvalue weighted by Gasteiger charge is 2.23. The van der Waals surface area contributed by atoms with E-state index >= 15 is 0 Å². The van der Waals surface area contributed by atoms with Crippen LogP contribution in [-0.2, 0) is 0 Å². The smallest absolute Gasteiger partial charge is 0.317 e. The lowest BCUT2D eigenvalue weighted by Gasteiger charge is -2.33. The minimum absolute atomic E-state index is 0.0248. The van der Waals surface area contributed by atoms with E-state index in [2.05, 4.69) is 11.9 Å². The highest BCUT2D eigenvalue weighted by molar-refractivity contribution is 5.74. The Kier molecular flexibility index (Phi) is 4.50. The van der Waals surface area contributed by atoms with Crippen molar-refractivity contribution in [2.45, 2.75) is 38.1 Å². The van der Waals surface area contributed by atoms with Gasteiger partial charge in [0.1, 0.15) is 0 Å². The Morgan fingerprint density at radius 1 is 1.50 bits per heavy atom. The molecule has 14 heavy (non-hydrogen) atoms. The Bertz CT molecular complexity index is 197. The third kappa shape index (κ3) is 2.76. The molecule has 1 saturated carbocycles. The minimum atomic E-state index is 0.0248. The monoisotopic (exact) mass is 196 g/mol. The summed E-state index contributed by atoms with van der Waals surface area (Å²) in [6.07, 6.45) is 7.88. The van der Waals surface area contributed by atoms with Crippen LogP contribution < -0.4 is 5.32 Å². The van der Waals surface area contributed by atoms with Crippen LogP contribution >= 0.6 is 0 Å². The lowest BCUT2D eigenvalue weighted by molar-refractivity contribution is 0.166. The van der Waals surface area contributed by atoms with E-state index in [0.717, 1.165) is 12.8 Å². The molecule has 0 spiro atoms. The molecule has 0 atom stereocenters. The van der Waals surface area contributed by atoms with Crippen molar-refractivity contribution in [2.24, 2.45) is 0 Å². The number of amides is 2. The van der Waals surface area contributed by atoms with Crippen LogP contribution in [0.4, 0.5) is 4.79 Å². The van der Waals surface area contributed by atoms with Gasteiger partial charge in [0, 0.05) is 19.6 Å². The quantitative estimate of drug-likeness (QED) is 0.689. The van der Waals surface area contributed by atoms with Gasteiger partial charge in [0.2, 0.25) is 0 Å². The Morgan fingerprint density at radius 2 is 2.14 bits per heavy atom. The molecule has 80 valence electrons. The zero-order valence-corrected chi connectivity index (χ0v) is 8.96. The predicted octanol–water partition coefficient (Wildman–Crippen LogP) is 2.15. The van der Waals surface area contributed by atoms with Crippen LogP contribution in [-0.4, -0.2) is 30.6 Å². The number of carbonyl (C=O) groups excluding carboxylic acids is 1. The van der Waals surface area contributed by atoms with Crippen molar-refractivity contribution >= 4 is 6.03 Å². The summed E-state index contributed by atoms with van der Waals surface area (Å²) in [5.74, 6) is 0. The molecular weight excluding hydrogens is 176 g/mol. The molecule has 0 aromatic rings. The average molecular weight is 196 g/mol. The summed E-state index contributed by atoms with van der Waals surface area (Å²) in [5.41, 5.74) is 0. The van der Waals surface area contributed by atoms with Crippen LogP contribution in [0.3, 0.4) is 0 Å². The molecule has 0 heterocycles. The van der Waals surface area contributed by atoms with Crippen molar-refractivity contribution in [3.05, 3.63) is 12.7 Å².